The van der Waals surface area contributed by atoms with Crippen LogP contribution in [0.1, 0.15) is 31.2 Å². The maximum Gasteiger partial charge on any atom is 0.119 e. The molecule has 116 valence electrons. The van der Waals surface area contributed by atoms with Gasteiger partial charge in [0.25, 0.3) is 0 Å². The summed E-state index contributed by atoms with van der Waals surface area (Å²) < 4.78 is 5.67. The summed E-state index contributed by atoms with van der Waals surface area (Å²) in [7, 11) is 0. The number of aliphatic hydroxyl groups excluding tert-OH is 1. The first-order valence-electron chi connectivity index (χ1n) is 8.08. The van der Waals surface area contributed by atoms with Crippen molar-refractivity contribution < 1.29 is 9.84 Å². The van der Waals surface area contributed by atoms with Gasteiger partial charge in [-0.05, 0) is 49.3 Å². The second kappa shape index (κ2) is 6.77. The van der Waals surface area contributed by atoms with Crippen molar-refractivity contribution in [3.63, 3.8) is 0 Å². The van der Waals surface area contributed by atoms with Crippen LogP contribution in [0.3, 0.4) is 0 Å². The lowest BCUT2D eigenvalue weighted by molar-refractivity contribution is 0.0637. The van der Waals surface area contributed by atoms with Gasteiger partial charge in [0.2, 0.25) is 0 Å². The summed E-state index contributed by atoms with van der Waals surface area (Å²) in [6.45, 7) is 2.80. The third kappa shape index (κ3) is 4.70. The SMILES string of the molecule is NCc1ccc(OCC(O)CN(CC2CC2)C2CC2)cc1. The molecule has 2 aliphatic rings. The van der Waals surface area contributed by atoms with E-state index in [0.717, 1.165) is 30.3 Å². The maximum absolute atomic E-state index is 10.2. The Morgan fingerprint density at radius 2 is 1.90 bits per heavy atom. The van der Waals surface area contributed by atoms with Crippen LogP contribution in [0.15, 0.2) is 24.3 Å². The summed E-state index contributed by atoms with van der Waals surface area (Å²) in [4.78, 5) is 2.46. The minimum absolute atomic E-state index is 0.357. The fourth-order valence-electron chi connectivity index (χ4n) is 2.68. The molecule has 0 aliphatic heterocycles. The van der Waals surface area contributed by atoms with E-state index >= 15 is 0 Å². The normalized spacial score (nSPS) is 19.8. The van der Waals surface area contributed by atoms with Crippen molar-refractivity contribution in [3.8, 4) is 5.75 Å². The van der Waals surface area contributed by atoms with Gasteiger partial charge in [-0.1, -0.05) is 12.1 Å². The van der Waals surface area contributed by atoms with E-state index in [1.807, 2.05) is 24.3 Å². The number of hydrogen-bond acceptors (Lipinski definition) is 4. The fourth-order valence-corrected chi connectivity index (χ4v) is 2.68. The fraction of sp³-hybridized carbons (Fsp3) is 0.647. The van der Waals surface area contributed by atoms with Crippen molar-refractivity contribution in [2.24, 2.45) is 11.7 Å². The molecule has 1 aromatic carbocycles. The Balaban J connectivity index is 1.42. The van der Waals surface area contributed by atoms with Gasteiger partial charge in [-0.25, -0.2) is 0 Å². The molecule has 2 fully saturated rings. The monoisotopic (exact) mass is 290 g/mol. The number of aliphatic hydroxyl groups is 1. The number of nitrogens with zero attached hydrogens (tertiary/aromatic N) is 1. The molecule has 0 spiro atoms. The summed E-state index contributed by atoms with van der Waals surface area (Å²) in [6, 6.07) is 8.47. The van der Waals surface area contributed by atoms with Crippen molar-refractivity contribution in [1.29, 1.82) is 0 Å². The van der Waals surface area contributed by atoms with E-state index in [1.54, 1.807) is 0 Å². The molecule has 4 nitrogen and oxygen atoms in total. The Morgan fingerprint density at radius 1 is 1.19 bits per heavy atom. The Hall–Kier alpha value is -1.10. The van der Waals surface area contributed by atoms with Gasteiger partial charge in [0.05, 0.1) is 0 Å². The van der Waals surface area contributed by atoms with Gasteiger partial charge < -0.3 is 15.6 Å². The highest BCUT2D eigenvalue weighted by Crippen LogP contribution is 2.34. The van der Waals surface area contributed by atoms with Crippen LogP contribution in [0.5, 0.6) is 5.75 Å². The molecule has 2 saturated carbocycles. The molecule has 0 aromatic heterocycles. The Kier molecular flexibility index (Phi) is 4.78. The molecule has 0 saturated heterocycles. The molecular weight excluding hydrogens is 264 g/mol. The van der Waals surface area contributed by atoms with Crippen LogP contribution in [0, 0.1) is 5.92 Å². The van der Waals surface area contributed by atoms with E-state index in [2.05, 4.69) is 4.90 Å². The van der Waals surface area contributed by atoms with Crippen LogP contribution in [-0.4, -0.2) is 41.8 Å². The lowest BCUT2D eigenvalue weighted by atomic mass is 10.2. The number of rotatable bonds is 9. The Labute approximate surface area is 126 Å². The van der Waals surface area contributed by atoms with Gasteiger partial charge in [-0.15, -0.1) is 0 Å². The summed E-state index contributed by atoms with van der Waals surface area (Å²) in [5.74, 6) is 1.67. The maximum atomic E-state index is 10.2. The third-order valence-corrected chi connectivity index (χ3v) is 4.30. The van der Waals surface area contributed by atoms with Crippen molar-refractivity contribution in [2.75, 3.05) is 19.7 Å². The standard InChI is InChI=1S/C17H26N2O2/c18-9-13-3-7-17(8-4-13)21-12-16(20)11-19(15-5-6-15)10-14-1-2-14/h3-4,7-8,14-16,20H,1-2,5-6,9-12,18H2. The van der Waals surface area contributed by atoms with Crippen LogP contribution in [-0.2, 0) is 6.54 Å². The molecule has 3 rings (SSSR count). The summed E-state index contributed by atoms with van der Waals surface area (Å²) >= 11 is 0. The largest absolute Gasteiger partial charge is 0.491 e. The lowest BCUT2D eigenvalue weighted by Gasteiger charge is -2.25. The number of nitrogens with two attached hydrogens (primary N) is 1. The van der Waals surface area contributed by atoms with E-state index in [4.69, 9.17) is 10.5 Å². The first-order chi connectivity index (χ1) is 10.2. The van der Waals surface area contributed by atoms with Crippen LogP contribution in [0.25, 0.3) is 0 Å². The molecule has 1 aromatic rings. The molecule has 3 N–H and O–H groups in total. The molecule has 21 heavy (non-hydrogen) atoms. The predicted molar refractivity (Wildman–Crippen MR) is 83.2 cm³/mol. The quantitative estimate of drug-likeness (QED) is 0.727. The molecular formula is C17H26N2O2. The highest BCUT2D eigenvalue weighted by molar-refractivity contribution is 5.27. The van der Waals surface area contributed by atoms with E-state index in [0.29, 0.717) is 19.2 Å². The van der Waals surface area contributed by atoms with Gasteiger partial charge in [0.1, 0.15) is 18.5 Å². The first kappa shape index (κ1) is 14.8. The molecule has 0 radical (unpaired) electrons. The van der Waals surface area contributed by atoms with E-state index in [1.165, 1.54) is 25.7 Å². The highest BCUT2D eigenvalue weighted by Gasteiger charge is 2.34. The van der Waals surface area contributed by atoms with Crippen molar-refractivity contribution in [1.82, 2.24) is 4.90 Å². The second-order valence-electron chi connectivity index (χ2n) is 6.44. The van der Waals surface area contributed by atoms with Crippen molar-refractivity contribution in [3.05, 3.63) is 29.8 Å². The predicted octanol–water partition coefficient (Wildman–Crippen LogP) is 1.76. The van der Waals surface area contributed by atoms with Gasteiger partial charge in [-0.2, -0.15) is 0 Å². The summed E-state index contributed by atoms with van der Waals surface area (Å²) in [6.07, 6.45) is 4.90. The average molecular weight is 290 g/mol. The van der Waals surface area contributed by atoms with Crippen LogP contribution in [0.2, 0.25) is 0 Å². The topological polar surface area (TPSA) is 58.7 Å². The van der Waals surface area contributed by atoms with Crippen molar-refractivity contribution >= 4 is 0 Å². The average Bonchev–Trinajstić information content (AvgIpc) is 3.38. The number of hydrogen-bond donors (Lipinski definition) is 2. The molecule has 2 aliphatic carbocycles. The van der Waals surface area contributed by atoms with E-state index in [-0.39, 0.29) is 0 Å². The number of benzene rings is 1. The van der Waals surface area contributed by atoms with Crippen LogP contribution < -0.4 is 10.5 Å². The second-order valence-corrected chi connectivity index (χ2v) is 6.44. The van der Waals surface area contributed by atoms with Gasteiger partial charge in [0.15, 0.2) is 0 Å². The Bertz CT molecular complexity index is 441. The molecule has 4 heteroatoms. The molecule has 1 unspecified atom stereocenters. The van der Waals surface area contributed by atoms with Crippen LogP contribution in [0.4, 0.5) is 0 Å². The molecule has 0 heterocycles. The van der Waals surface area contributed by atoms with Gasteiger partial charge in [-0.3, -0.25) is 4.90 Å². The number of ether oxygens (including phenoxy) is 1. The smallest absolute Gasteiger partial charge is 0.119 e. The zero-order chi connectivity index (χ0) is 14.7. The zero-order valence-corrected chi connectivity index (χ0v) is 12.6. The lowest BCUT2D eigenvalue weighted by Crippen LogP contribution is -2.38. The third-order valence-electron chi connectivity index (χ3n) is 4.30. The molecule has 1 atom stereocenters. The minimum atomic E-state index is -0.418. The first-order valence-corrected chi connectivity index (χ1v) is 8.08. The van der Waals surface area contributed by atoms with E-state index in [9.17, 15) is 5.11 Å². The zero-order valence-electron chi connectivity index (χ0n) is 12.6. The van der Waals surface area contributed by atoms with Crippen molar-refractivity contribution in [2.45, 2.75) is 44.4 Å². The molecule has 0 bridgehead atoms. The minimum Gasteiger partial charge on any atom is -0.491 e. The summed E-state index contributed by atoms with van der Waals surface area (Å²) in [5.41, 5.74) is 6.66. The van der Waals surface area contributed by atoms with E-state index < -0.39 is 6.10 Å². The molecule has 0 amide bonds. The van der Waals surface area contributed by atoms with Crippen LogP contribution >= 0.6 is 0 Å². The Morgan fingerprint density at radius 3 is 2.48 bits per heavy atom. The van der Waals surface area contributed by atoms with Gasteiger partial charge >= 0.3 is 0 Å². The highest BCUT2D eigenvalue weighted by atomic mass is 16.5. The summed E-state index contributed by atoms with van der Waals surface area (Å²) in [5, 5.41) is 10.2. The van der Waals surface area contributed by atoms with Gasteiger partial charge in [0, 0.05) is 25.7 Å².